The molecule has 0 aromatic heterocycles. The molecule has 0 spiro atoms. The quantitative estimate of drug-likeness (QED) is 0.167. The Morgan fingerprint density at radius 2 is 0.571 bits per heavy atom. The van der Waals surface area contributed by atoms with Gasteiger partial charge in [-0.25, -0.2) is 0 Å². The third-order valence-corrected chi connectivity index (χ3v) is 12.0. The summed E-state index contributed by atoms with van der Waals surface area (Å²) in [6.07, 6.45) is 4.07. The van der Waals surface area contributed by atoms with Crippen LogP contribution in [0, 0.1) is 0 Å². The maximum absolute atomic E-state index is 2.50. The number of rotatable bonds is 4. The maximum atomic E-state index is 2.50. The molecule has 2 nitrogen and oxygen atoms in total. The van der Waals surface area contributed by atoms with Crippen molar-refractivity contribution >= 4 is 55.7 Å². The van der Waals surface area contributed by atoms with Crippen LogP contribution in [0.5, 0.6) is 0 Å². The average molecular weight is 717 g/mol. The van der Waals surface area contributed by atoms with Crippen molar-refractivity contribution in [2.75, 3.05) is 9.80 Å². The van der Waals surface area contributed by atoms with Crippen LogP contribution >= 0.6 is 0 Å². The molecule has 9 aromatic carbocycles. The van der Waals surface area contributed by atoms with Crippen LogP contribution in [0.3, 0.4) is 0 Å². The number of nitrogens with zero attached hydrogens (tertiary/aromatic N) is 2. The van der Waals surface area contributed by atoms with E-state index in [9.17, 15) is 0 Å². The first kappa shape index (κ1) is 32.5. The topological polar surface area (TPSA) is 6.48 Å². The fraction of sp³-hybridized carbons (Fsp3) is 0.0741. The lowest BCUT2D eigenvalue weighted by Gasteiger charge is -2.29. The van der Waals surface area contributed by atoms with E-state index < -0.39 is 0 Å². The van der Waals surface area contributed by atoms with E-state index in [4.69, 9.17) is 0 Å². The second kappa shape index (κ2) is 13.4. The average Bonchev–Trinajstić information content (AvgIpc) is 3.54. The van der Waals surface area contributed by atoms with Crippen molar-refractivity contribution in [2.24, 2.45) is 0 Å². The van der Waals surface area contributed by atoms with E-state index >= 15 is 0 Å². The van der Waals surface area contributed by atoms with Crippen LogP contribution in [0.2, 0.25) is 0 Å². The lowest BCUT2D eigenvalue weighted by Crippen LogP contribution is -2.12. The van der Waals surface area contributed by atoms with Crippen LogP contribution < -0.4 is 9.80 Å². The molecule has 56 heavy (non-hydrogen) atoms. The summed E-state index contributed by atoms with van der Waals surface area (Å²) >= 11 is 0. The molecule has 0 fully saturated rings. The number of hydrogen-bond acceptors (Lipinski definition) is 2. The number of anilines is 6. The van der Waals surface area contributed by atoms with E-state index in [1.807, 2.05) is 0 Å². The third-order valence-electron chi connectivity index (χ3n) is 12.0. The predicted octanol–water partition coefficient (Wildman–Crippen LogP) is 14.5. The van der Waals surface area contributed by atoms with Gasteiger partial charge in [0.1, 0.15) is 0 Å². The Balaban J connectivity index is 1.23. The fourth-order valence-electron chi connectivity index (χ4n) is 9.43. The van der Waals surface area contributed by atoms with Crippen molar-refractivity contribution < 1.29 is 0 Å². The normalized spacial score (nSPS) is 13.4. The van der Waals surface area contributed by atoms with Crippen LogP contribution in [-0.2, 0) is 25.7 Å². The van der Waals surface area contributed by atoms with E-state index in [-0.39, 0.29) is 0 Å². The van der Waals surface area contributed by atoms with Crippen molar-refractivity contribution in [1.29, 1.82) is 0 Å². The van der Waals surface area contributed by atoms with Gasteiger partial charge in [-0.15, -0.1) is 0 Å². The predicted molar refractivity (Wildman–Crippen MR) is 237 cm³/mol. The molecule has 0 amide bonds. The summed E-state index contributed by atoms with van der Waals surface area (Å²) in [5.41, 5.74) is 17.8. The number of aryl methyl sites for hydroxylation is 4. The summed E-state index contributed by atoms with van der Waals surface area (Å²) < 4.78 is 0. The molecule has 2 heterocycles. The zero-order chi connectivity index (χ0) is 37.0. The van der Waals surface area contributed by atoms with Crippen molar-refractivity contribution in [3.63, 3.8) is 0 Å². The van der Waals surface area contributed by atoms with Gasteiger partial charge in [0.25, 0.3) is 0 Å². The van der Waals surface area contributed by atoms with Crippen LogP contribution in [-0.4, -0.2) is 0 Å². The highest BCUT2D eigenvalue weighted by Crippen LogP contribution is 2.50. The van der Waals surface area contributed by atoms with Gasteiger partial charge in [-0.2, -0.15) is 0 Å². The molecule has 0 bridgehead atoms. The number of para-hydroxylation sites is 4. The highest BCUT2D eigenvalue weighted by molar-refractivity contribution is 6.22. The number of hydrogen-bond donors (Lipinski definition) is 0. The van der Waals surface area contributed by atoms with E-state index in [1.165, 1.54) is 100 Å². The van der Waals surface area contributed by atoms with Gasteiger partial charge in [-0.05, 0) is 140 Å². The smallest absolute Gasteiger partial charge is 0.0493 e. The van der Waals surface area contributed by atoms with Gasteiger partial charge in [-0.1, -0.05) is 146 Å². The maximum Gasteiger partial charge on any atom is 0.0493 e. The summed E-state index contributed by atoms with van der Waals surface area (Å²) in [5.74, 6) is 0. The molecule has 2 heteroatoms. The Bertz CT molecular complexity index is 2630. The molecule has 11 rings (SSSR count). The summed E-state index contributed by atoms with van der Waals surface area (Å²) in [6.45, 7) is 0. The Hall–Kier alpha value is -6.90. The van der Waals surface area contributed by atoms with Crippen LogP contribution in [0.1, 0.15) is 22.3 Å². The highest BCUT2D eigenvalue weighted by Gasteiger charge is 2.26. The molecular formula is C54H40N2. The highest BCUT2D eigenvalue weighted by atomic mass is 15.2. The molecule has 0 saturated heterocycles. The second-order valence-corrected chi connectivity index (χ2v) is 15.1. The van der Waals surface area contributed by atoms with Crippen LogP contribution in [0.15, 0.2) is 194 Å². The molecule has 2 aliphatic rings. The molecule has 0 unspecified atom stereocenters. The van der Waals surface area contributed by atoms with E-state index in [0.29, 0.717) is 0 Å². The van der Waals surface area contributed by atoms with E-state index in [2.05, 4.69) is 204 Å². The molecule has 0 radical (unpaired) electrons. The Labute approximate surface area is 328 Å². The van der Waals surface area contributed by atoms with Gasteiger partial charge >= 0.3 is 0 Å². The summed E-state index contributed by atoms with van der Waals surface area (Å²) in [6, 6.07) is 72.1. The number of fused-ring (bicyclic) bond motifs is 6. The lowest BCUT2D eigenvalue weighted by atomic mass is 9.85. The van der Waals surface area contributed by atoms with Gasteiger partial charge < -0.3 is 9.80 Å². The number of benzene rings is 9. The summed E-state index contributed by atoms with van der Waals surface area (Å²) in [5, 5.41) is 4.99. The first-order chi connectivity index (χ1) is 27.8. The first-order valence-corrected chi connectivity index (χ1v) is 19.9. The SMILES string of the molecule is c1ccc(-c2c3ccc(N4c5ccccc5CCc5ccccc54)cc3c(-c3ccccc3)c3ccc(N4c5ccccc5CCc5ccccc54)cc23)cc1. The third kappa shape index (κ3) is 5.33. The minimum absolute atomic E-state index is 1.02. The molecule has 2 aliphatic heterocycles. The van der Waals surface area contributed by atoms with Crippen molar-refractivity contribution in [1.82, 2.24) is 0 Å². The zero-order valence-electron chi connectivity index (χ0n) is 31.2. The molecular weight excluding hydrogens is 677 g/mol. The standard InChI is InChI=1S/C54H40N2/c1-3-19-41(20-4-1)53-45-33-31-44(56-51-25-13-9-17-39(51)29-30-40-18-10-14-26-52(40)56)36-48(45)54(42-21-5-2-6-22-42)46-34-32-43(35-47(46)53)55-49-23-11-7-15-37(49)27-28-38-16-8-12-24-50(38)55/h1-26,31-36H,27-30H2. The zero-order valence-corrected chi connectivity index (χ0v) is 31.2. The van der Waals surface area contributed by atoms with E-state index in [0.717, 1.165) is 25.7 Å². The Morgan fingerprint density at radius 3 is 0.911 bits per heavy atom. The Morgan fingerprint density at radius 1 is 0.268 bits per heavy atom. The summed E-state index contributed by atoms with van der Waals surface area (Å²) in [4.78, 5) is 4.99. The molecule has 9 aromatic rings. The van der Waals surface area contributed by atoms with Crippen molar-refractivity contribution in [3.05, 3.63) is 216 Å². The van der Waals surface area contributed by atoms with Crippen LogP contribution in [0.4, 0.5) is 34.1 Å². The van der Waals surface area contributed by atoms with Crippen molar-refractivity contribution in [3.8, 4) is 22.3 Å². The van der Waals surface area contributed by atoms with Gasteiger partial charge in [0.15, 0.2) is 0 Å². The van der Waals surface area contributed by atoms with Gasteiger partial charge in [-0.3, -0.25) is 0 Å². The minimum atomic E-state index is 1.02. The molecule has 0 saturated carbocycles. The van der Waals surface area contributed by atoms with Crippen LogP contribution in [0.25, 0.3) is 43.8 Å². The second-order valence-electron chi connectivity index (χ2n) is 15.1. The molecule has 0 atom stereocenters. The summed E-state index contributed by atoms with van der Waals surface area (Å²) in [7, 11) is 0. The molecule has 266 valence electrons. The first-order valence-electron chi connectivity index (χ1n) is 19.9. The minimum Gasteiger partial charge on any atom is -0.310 e. The Kier molecular flexibility index (Phi) is 7.81. The van der Waals surface area contributed by atoms with E-state index in [1.54, 1.807) is 0 Å². The largest absolute Gasteiger partial charge is 0.310 e. The molecule has 0 aliphatic carbocycles. The van der Waals surface area contributed by atoms with Gasteiger partial charge in [0, 0.05) is 34.1 Å². The molecule has 0 N–H and O–H groups in total. The lowest BCUT2D eigenvalue weighted by molar-refractivity contribution is 0.977. The van der Waals surface area contributed by atoms with Gasteiger partial charge in [0.05, 0.1) is 0 Å². The van der Waals surface area contributed by atoms with Crippen molar-refractivity contribution in [2.45, 2.75) is 25.7 Å². The monoisotopic (exact) mass is 716 g/mol. The van der Waals surface area contributed by atoms with Gasteiger partial charge in [0.2, 0.25) is 0 Å². The fourth-order valence-corrected chi connectivity index (χ4v) is 9.43.